The predicted molar refractivity (Wildman–Crippen MR) is 46.9 cm³/mol. The Morgan fingerprint density at radius 2 is 2.10 bits per heavy atom. The first-order valence-corrected chi connectivity index (χ1v) is 4.93. The average molecular weight is 248 g/mol. The van der Waals surface area contributed by atoms with Gasteiger partial charge in [-0.15, -0.1) is 23.2 Å². The lowest BCUT2D eigenvalue weighted by Crippen LogP contribution is -2.05. The lowest BCUT2D eigenvalue weighted by molar-refractivity contribution is 0.258. The Balaban J connectivity index is 2.68. The summed E-state index contributed by atoms with van der Waals surface area (Å²) in [6, 6.07) is 0. The summed E-state index contributed by atoms with van der Waals surface area (Å²) in [7, 11) is 0. The molecule has 0 aliphatic heterocycles. The molecule has 0 amide bonds. The van der Waals surface area contributed by atoms with Crippen molar-refractivity contribution in [3.05, 3.63) is 0 Å². The van der Waals surface area contributed by atoms with Crippen LogP contribution in [0.15, 0.2) is 0 Å². The van der Waals surface area contributed by atoms with Crippen LogP contribution in [-0.4, -0.2) is 21.4 Å². The van der Waals surface area contributed by atoms with E-state index in [9.17, 15) is 0 Å². The first-order chi connectivity index (χ1) is 4.50. The van der Waals surface area contributed by atoms with E-state index >= 15 is 0 Å². The van der Waals surface area contributed by atoms with Crippen molar-refractivity contribution in [2.45, 2.75) is 11.3 Å². The van der Waals surface area contributed by atoms with Crippen LogP contribution < -0.4 is 0 Å². The summed E-state index contributed by atoms with van der Waals surface area (Å²) in [6.07, 6.45) is 0. The number of alkyl halides is 3. The fourth-order valence-corrected chi connectivity index (χ4v) is 3.24. The molecule has 1 N–H and O–H groups in total. The normalized spacial score (nSPS) is 43.5. The highest BCUT2D eigenvalue weighted by Gasteiger charge is 2.71. The summed E-state index contributed by atoms with van der Waals surface area (Å²) in [6.45, 7) is 2.03. The molecule has 1 nitrogen and oxygen atoms in total. The lowest BCUT2D eigenvalue weighted by Gasteiger charge is -2.04. The largest absolute Gasteiger partial charge is 0.396 e. The van der Waals surface area contributed by atoms with Gasteiger partial charge in [0, 0.05) is 23.3 Å². The molecular weight excluding hydrogens is 239 g/mol. The molecule has 10 heavy (non-hydrogen) atoms. The first-order valence-electron chi connectivity index (χ1n) is 3.05. The van der Waals surface area contributed by atoms with Gasteiger partial charge in [0.2, 0.25) is 0 Å². The van der Waals surface area contributed by atoms with Crippen LogP contribution in [0.5, 0.6) is 0 Å². The molecule has 0 aromatic heterocycles. The molecule has 0 heterocycles. The zero-order valence-corrected chi connectivity index (χ0v) is 8.67. The number of aliphatic hydroxyl groups is 1. The van der Waals surface area contributed by atoms with Crippen LogP contribution in [0.3, 0.4) is 0 Å². The smallest absolute Gasteiger partial charge is 0.130 e. The molecule has 1 saturated carbocycles. The quantitative estimate of drug-likeness (QED) is 0.742. The Hall–Kier alpha value is 1.02. The van der Waals surface area contributed by atoms with E-state index in [1.807, 2.05) is 6.92 Å². The van der Waals surface area contributed by atoms with Crippen LogP contribution in [0, 0.1) is 11.3 Å². The summed E-state index contributed by atoms with van der Waals surface area (Å²) < 4.78 is -0.731. The predicted octanol–water partition coefficient (Wildman–Crippen LogP) is 2.18. The topological polar surface area (TPSA) is 20.2 Å². The molecule has 4 heteroatoms. The maximum Gasteiger partial charge on any atom is 0.130 e. The fourth-order valence-electron chi connectivity index (χ4n) is 1.17. The van der Waals surface area contributed by atoms with Gasteiger partial charge < -0.3 is 5.11 Å². The molecule has 0 radical (unpaired) electrons. The second kappa shape index (κ2) is 2.51. The van der Waals surface area contributed by atoms with E-state index in [0.717, 1.165) is 5.33 Å². The van der Waals surface area contributed by atoms with E-state index in [-0.39, 0.29) is 17.9 Å². The maximum absolute atomic E-state index is 8.82. The van der Waals surface area contributed by atoms with E-state index < -0.39 is 4.33 Å². The molecule has 0 aromatic rings. The monoisotopic (exact) mass is 246 g/mol. The van der Waals surface area contributed by atoms with E-state index in [0.29, 0.717) is 0 Å². The molecule has 1 aliphatic carbocycles. The molecule has 0 unspecified atom stereocenters. The molecule has 2 atom stereocenters. The number of hydrogen-bond donors (Lipinski definition) is 1. The van der Waals surface area contributed by atoms with Gasteiger partial charge in [-0.1, -0.05) is 22.9 Å². The number of hydrogen-bond acceptors (Lipinski definition) is 1. The van der Waals surface area contributed by atoms with Crippen molar-refractivity contribution in [1.82, 2.24) is 0 Å². The van der Waals surface area contributed by atoms with Crippen LogP contribution in [0.2, 0.25) is 0 Å². The Morgan fingerprint density at radius 3 is 2.20 bits per heavy atom. The highest BCUT2D eigenvalue weighted by molar-refractivity contribution is 9.09. The third-order valence-electron chi connectivity index (χ3n) is 2.35. The van der Waals surface area contributed by atoms with Gasteiger partial charge in [-0.05, 0) is 0 Å². The van der Waals surface area contributed by atoms with E-state index in [4.69, 9.17) is 28.3 Å². The number of rotatable bonds is 2. The first kappa shape index (κ1) is 9.11. The minimum absolute atomic E-state index is 0.0164. The second-order valence-electron chi connectivity index (χ2n) is 2.91. The third-order valence-corrected chi connectivity index (χ3v) is 4.90. The van der Waals surface area contributed by atoms with Crippen LogP contribution in [0.4, 0.5) is 0 Å². The molecule has 1 fully saturated rings. The number of halogens is 3. The Kier molecular flexibility index (Phi) is 2.29. The van der Waals surface area contributed by atoms with Crippen LogP contribution >= 0.6 is 39.1 Å². The van der Waals surface area contributed by atoms with Gasteiger partial charge in [0.15, 0.2) is 0 Å². The van der Waals surface area contributed by atoms with Crippen molar-refractivity contribution in [1.29, 1.82) is 0 Å². The molecule has 60 valence electrons. The zero-order valence-electron chi connectivity index (χ0n) is 5.57. The lowest BCUT2D eigenvalue weighted by atomic mass is 10.1. The average Bonchev–Trinajstić information content (AvgIpc) is 2.29. The van der Waals surface area contributed by atoms with Gasteiger partial charge in [-0.25, -0.2) is 0 Å². The summed E-state index contributed by atoms with van der Waals surface area (Å²) in [5, 5.41) is 9.55. The fraction of sp³-hybridized carbons (Fsp3) is 1.00. The van der Waals surface area contributed by atoms with Crippen LogP contribution in [-0.2, 0) is 0 Å². The highest BCUT2D eigenvalue weighted by Crippen LogP contribution is 2.69. The Bertz CT molecular complexity index is 151. The molecule has 0 aromatic carbocycles. The van der Waals surface area contributed by atoms with E-state index in [2.05, 4.69) is 15.9 Å². The Labute approximate surface area is 78.8 Å². The molecule has 0 spiro atoms. The molecule has 1 rings (SSSR count). The van der Waals surface area contributed by atoms with Crippen LogP contribution in [0.25, 0.3) is 0 Å². The van der Waals surface area contributed by atoms with Gasteiger partial charge in [0.1, 0.15) is 4.33 Å². The molecule has 0 saturated heterocycles. The minimum Gasteiger partial charge on any atom is -0.396 e. The van der Waals surface area contributed by atoms with Crippen molar-refractivity contribution in [2.75, 3.05) is 11.9 Å². The van der Waals surface area contributed by atoms with Crippen molar-refractivity contribution in [2.24, 2.45) is 11.3 Å². The maximum atomic E-state index is 8.82. The molecule has 1 aliphatic rings. The summed E-state index contributed by atoms with van der Waals surface area (Å²) in [5.74, 6) is 0.0164. The molecular formula is C6H9BrCl2O. The minimum atomic E-state index is -0.731. The van der Waals surface area contributed by atoms with Gasteiger partial charge in [-0.2, -0.15) is 0 Å². The van der Waals surface area contributed by atoms with E-state index in [1.165, 1.54) is 0 Å². The summed E-state index contributed by atoms with van der Waals surface area (Å²) >= 11 is 15.1. The van der Waals surface area contributed by atoms with Crippen molar-refractivity contribution in [3.63, 3.8) is 0 Å². The number of aliphatic hydroxyl groups excluding tert-OH is 1. The second-order valence-corrected chi connectivity index (χ2v) is 4.86. The standard InChI is InChI=1S/C6H9BrCl2O/c1-5(3-7)4(2-10)6(5,8)9/h4,10H,2-3H2,1H3/t4-,5-/m1/s1. The van der Waals surface area contributed by atoms with Gasteiger partial charge in [-0.3, -0.25) is 0 Å². The van der Waals surface area contributed by atoms with Gasteiger partial charge >= 0.3 is 0 Å². The van der Waals surface area contributed by atoms with Crippen LogP contribution in [0.1, 0.15) is 6.92 Å². The van der Waals surface area contributed by atoms with Gasteiger partial charge in [0.25, 0.3) is 0 Å². The third kappa shape index (κ3) is 0.927. The van der Waals surface area contributed by atoms with E-state index in [1.54, 1.807) is 0 Å². The van der Waals surface area contributed by atoms with Gasteiger partial charge in [0.05, 0.1) is 0 Å². The van der Waals surface area contributed by atoms with Crippen molar-refractivity contribution < 1.29 is 5.11 Å². The Morgan fingerprint density at radius 1 is 1.60 bits per heavy atom. The SMILES string of the molecule is C[C@@]1(CBr)[C@@H](CO)C1(Cl)Cl. The summed E-state index contributed by atoms with van der Waals surface area (Å²) in [4.78, 5) is 0. The molecule has 0 bridgehead atoms. The highest BCUT2D eigenvalue weighted by atomic mass is 79.9. The van der Waals surface area contributed by atoms with Crippen molar-refractivity contribution >= 4 is 39.1 Å². The van der Waals surface area contributed by atoms with Crippen molar-refractivity contribution in [3.8, 4) is 0 Å². The summed E-state index contributed by atoms with van der Waals surface area (Å²) in [5.41, 5.74) is -0.148. The zero-order chi connectivity index (χ0) is 7.99.